The molecule has 0 aromatic heterocycles. The van der Waals surface area contributed by atoms with Crippen molar-refractivity contribution in [2.24, 2.45) is 5.10 Å². The molecule has 0 saturated carbocycles. The number of hydrazone groups is 1. The topological polar surface area (TPSA) is 89.0 Å². The third-order valence-electron chi connectivity index (χ3n) is 4.60. The number of nitrogens with one attached hydrogen (secondary N) is 2. The van der Waals surface area contributed by atoms with E-state index in [0.29, 0.717) is 39.0 Å². The average molecular weight is 436 g/mol. The molecular weight excluding hydrogens is 418 g/mol. The molecule has 0 unspecified atom stereocenters. The molecule has 1 aliphatic rings. The molecular formula is C23H18ClN3O4. The molecule has 2 N–H and O–H groups in total. The summed E-state index contributed by atoms with van der Waals surface area (Å²) in [6.45, 7) is 1.91. The van der Waals surface area contributed by atoms with Crippen LogP contribution in [0.4, 0.5) is 5.69 Å². The van der Waals surface area contributed by atoms with Gasteiger partial charge in [0.2, 0.25) is 6.79 Å². The van der Waals surface area contributed by atoms with E-state index in [1.165, 1.54) is 0 Å². The second-order valence-electron chi connectivity index (χ2n) is 6.75. The number of fused-ring (bicyclic) bond motifs is 1. The van der Waals surface area contributed by atoms with Crippen LogP contribution in [0.5, 0.6) is 11.5 Å². The fraction of sp³-hybridized carbons (Fsp3) is 0.0870. The van der Waals surface area contributed by atoms with Gasteiger partial charge < -0.3 is 14.8 Å². The fourth-order valence-electron chi connectivity index (χ4n) is 2.93. The van der Waals surface area contributed by atoms with E-state index in [4.69, 9.17) is 21.1 Å². The van der Waals surface area contributed by atoms with E-state index in [1.54, 1.807) is 67.6 Å². The van der Waals surface area contributed by atoms with Crippen molar-refractivity contribution < 1.29 is 19.1 Å². The number of carbonyl (C=O) groups is 2. The average Bonchev–Trinajstić information content (AvgIpc) is 3.25. The van der Waals surface area contributed by atoms with Gasteiger partial charge in [0.15, 0.2) is 11.5 Å². The molecule has 0 spiro atoms. The maximum atomic E-state index is 12.4. The number of benzene rings is 3. The Kier molecular flexibility index (Phi) is 5.86. The predicted octanol–water partition coefficient (Wildman–Crippen LogP) is 4.48. The van der Waals surface area contributed by atoms with Crippen molar-refractivity contribution in [1.29, 1.82) is 0 Å². The van der Waals surface area contributed by atoms with Crippen molar-refractivity contribution in [2.45, 2.75) is 6.92 Å². The van der Waals surface area contributed by atoms with Crippen LogP contribution in [0.15, 0.2) is 71.8 Å². The first kappa shape index (κ1) is 20.4. The molecule has 2 amide bonds. The maximum absolute atomic E-state index is 12.4. The Hall–Kier alpha value is -3.84. The monoisotopic (exact) mass is 435 g/mol. The van der Waals surface area contributed by atoms with Crippen molar-refractivity contribution in [2.75, 3.05) is 12.1 Å². The van der Waals surface area contributed by atoms with E-state index in [-0.39, 0.29) is 18.6 Å². The van der Waals surface area contributed by atoms with Crippen LogP contribution in [0, 0.1) is 0 Å². The van der Waals surface area contributed by atoms with Crippen molar-refractivity contribution in [1.82, 2.24) is 5.43 Å². The summed E-state index contributed by atoms with van der Waals surface area (Å²) in [6, 6.07) is 18.7. The molecule has 4 rings (SSSR count). The molecule has 156 valence electrons. The van der Waals surface area contributed by atoms with Crippen LogP contribution in [-0.2, 0) is 0 Å². The molecule has 3 aromatic carbocycles. The van der Waals surface area contributed by atoms with Crippen LogP contribution in [0.2, 0.25) is 5.02 Å². The lowest BCUT2D eigenvalue weighted by molar-refractivity contribution is 0.0953. The maximum Gasteiger partial charge on any atom is 0.271 e. The second-order valence-corrected chi connectivity index (χ2v) is 7.18. The zero-order valence-corrected chi connectivity index (χ0v) is 17.3. The van der Waals surface area contributed by atoms with Crippen LogP contribution in [0.3, 0.4) is 0 Å². The minimum atomic E-state index is -0.371. The first-order valence-corrected chi connectivity index (χ1v) is 9.79. The number of anilines is 1. The summed E-state index contributed by atoms with van der Waals surface area (Å²) in [7, 11) is 0. The predicted molar refractivity (Wildman–Crippen MR) is 118 cm³/mol. The number of halogens is 1. The molecule has 0 radical (unpaired) electrons. The Morgan fingerprint density at radius 3 is 2.42 bits per heavy atom. The summed E-state index contributed by atoms with van der Waals surface area (Å²) in [4.78, 5) is 24.8. The largest absolute Gasteiger partial charge is 0.454 e. The molecule has 0 fully saturated rings. The Morgan fingerprint density at radius 1 is 0.871 bits per heavy atom. The summed E-state index contributed by atoms with van der Waals surface area (Å²) in [6.07, 6.45) is 0. The zero-order chi connectivity index (χ0) is 21.8. The first-order valence-electron chi connectivity index (χ1n) is 9.41. The lowest BCUT2D eigenvalue weighted by Gasteiger charge is -2.08. The minimum absolute atomic E-state index is 0.141. The third kappa shape index (κ3) is 4.84. The number of amides is 2. The molecule has 3 aromatic rings. The van der Waals surface area contributed by atoms with Crippen LogP contribution in [0.1, 0.15) is 33.2 Å². The van der Waals surface area contributed by atoms with Gasteiger partial charge in [-0.25, -0.2) is 5.43 Å². The van der Waals surface area contributed by atoms with Crippen LogP contribution < -0.4 is 20.2 Å². The van der Waals surface area contributed by atoms with Gasteiger partial charge in [0.05, 0.1) is 5.71 Å². The molecule has 0 atom stereocenters. The smallest absolute Gasteiger partial charge is 0.271 e. The van der Waals surface area contributed by atoms with Gasteiger partial charge in [-0.3, -0.25) is 9.59 Å². The Balaban J connectivity index is 1.43. The SMILES string of the molecule is CC(=NNC(=O)c1ccc2c(c1)OCO2)c1cccc(NC(=O)c2ccc(Cl)cc2)c1. The highest BCUT2D eigenvalue weighted by Crippen LogP contribution is 2.32. The van der Waals surface area contributed by atoms with Crippen molar-refractivity contribution in [3.8, 4) is 11.5 Å². The number of ether oxygens (including phenoxy) is 2. The molecule has 0 saturated heterocycles. The lowest BCUT2D eigenvalue weighted by Crippen LogP contribution is -2.19. The number of hydrogen-bond donors (Lipinski definition) is 2. The molecule has 8 heteroatoms. The molecule has 7 nitrogen and oxygen atoms in total. The van der Waals surface area contributed by atoms with Gasteiger partial charge in [0.1, 0.15) is 0 Å². The number of carbonyl (C=O) groups excluding carboxylic acids is 2. The molecule has 1 heterocycles. The molecule has 31 heavy (non-hydrogen) atoms. The Labute approximate surface area is 183 Å². The van der Waals surface area contributed by atoms with E-state index in [0.717, 1.165) is 5.56 Å². The van der Waals surface area contributed by atoms with Crippen LogP contribution in [0.25, 0.3) is 0 Å². The zero-order valence-electron chi connectivity index (χ0n) is 16.5. The van der Waals surface area contributed by atoms with Gasteiger partial charge in [-0.05, 0) is 67.1 Å². The fourth-order valence-corrected chi connectivity index (χ4v) is 3.05. The third-order valence-corrected chi connectivity index (χ3v) is 4.86. The highest BCUT2D eigenvalue weighted by Gasteiger charge is 2.16. The van der Waals surface area contributed by atoms with E-state index >= 15 is 0 Å². The molecule has 1 aliphatic heterocycles. The summed E-state index contributed by atoms with van der Waals surface area (Å²) in [5.41, 5.74) is 5.37. The second kappa shape index (κ2) is 8.89. The van der Waals surface area contributed by atoms with Gasteiger partial charge in [0, 0.05) is 21.8 Å². The van der Waals surface area contributed by atoms with Crippen LogP contribution >= 0.6 is 11.6 Å². The van der Waals surface area contributed by atoms with Gasteiger partial charge in [-0.1, -0.05) is 23.7 Å². The number of nitrogens with zero attached hydrogens (tertiary/aromatic N) is 1. The van der Waals surface area contributed by atoms with E-state index in [9.17, 15) is 9.59 Å². The summed E-state index contributed by atoms with van der Waals surface area (Å²) < 4.78 is 10.5. The lowest BCUT2D eigenvalue weighted by atomic mass is 10.1. The Bertz CT molecular complexity index is 1180. The highest BCUT2D eigenvalue weighted by atomic mass is 35.5. The van der Waals surface area contributed by atoms with Crippen molar-refractivity contribution >= 4 is 34.8 Å². The Morgan fingerprint density at radius 2 is 1.61 bits per heavy atom. The first-order chi connectivity index (χ1) is 15.0. The summed E-state index contributed by atoms with van der Waals surface area (Å²) in [5.74, 6) is 0.510. The van der Waals surface area contributed by atoms with Gasteiger partial charge >= 0.3 is 0 Å². The van der Waals surface area contributed by atoms with E-state index < -0.39 is 0 Å². The minimum Gasteiger partial charge on any atom is -0.454 e. The van der Waals surface area contributed by atoms with E-state index in [2.05, 4.69) is 15.8 Å². The molecule has 0 aliphatic carbocycles. The van der Waals surface area contributed by atoms with E-state index in [1.807, 2.05) is 6.07 Å². The molecule has 0 bridgehead atoms. The normalized spacial score (nSPS) is 12.4. The van der Waals surface area contributed by atoms with Gasteiger partial charge in [-0.15, -0.1) is 0 Å². The quantitative estimate of drug-likeness (QED) is 0.457. The van der Waals surface area contributed by atoms with Gasteiger partial charge in [0.25, 0.3) is 11.8 Å². The number of rotatable bonds is 5. The van der Waals surface area contributed by atoms with Crippen LogP contribution in [-0.4, -0.2) is 24.3 Å². The van der Waals surface area contributed by atoms with Gasteiger partial charge in [-0.2, -0.15) is 5.10 Å². The highest BCUT2D eigenvalue weighted by molar-refractivity contribution is 6.30. The number of hydrogen-bond acceptors (Lipinski definition) is 5. The van der Waals surface area contributed by atoms with Crippen molar-refractivity contribution in [3.05, 3.63) is 88.4 Å². The summed E-state index contributed by atoms with van der Waals surface area (Å²) >= 11 is 5.86. The summed E-state index contributed by atoms with van der Waals surface area (Å²) in [5, 5.41) is 7.57. The standard InChI is InChI=1S/C23H18ClN3O4/c1-14(26-27-23(29)17-7-10-20-21(12-17)31-13-30-20)16-3-2-4-19(11-16)25-22(28)15-5-8-18(24)9-6-15/h2-12H,13H2,1H3,(H,25,28)(H,27,29). The van der Waals surface area contributed by atoms with Crippen molar-refractivity contribution in [3.63, 3.8) is 0 Å².